The molecule has 1 saturated carbocycles. The Morgan fingerprint density at radius 2 is 2.00 bits per heavy atom. The summed E-state index contributed by atoms with van der Waals surface area (Å²) in [5.41, 5.74) is 7.67. The number of hydrogen-bond donors (Lipinski definition) is 1. The lowest BCUT2D eigenvalue weighted by Crippen LogP contribution is -2.30. The molecule has 0 aromatic heterocycles. The first-order valence-corrected chi connectivity index (χ1v) is 4.41. The van der Waals surface area contributed by atoms with Gasteiger partial charge in [0.15, 0.2) is 0 Å². The second kappa shape index (κ2) is 2.98. The highest BCUT2D eigenvalue weighted by atomic mass is 14.7. The summed E-state index contributed by atoms with van der Waals surface area (Å²) in [6.45, 7) is 6.80. The van der Waals surface area contributed by atoms with Crippen molar-refractivity contribution in [3.8, 4) is 0 Å². The first-order chi connectivity index (χ1) is 4.97. The molecule has 0 saturated heterocycles. The van der Waals surface area contributed by atoms with E-state index in [0.717, 1.165) is 12.8 Å². The van der Waals surface area contributed by atoms with Crippen LogP contribution in [0.1, 0.15) is 40.0 Å². The Labute approximate surface area is 69.7 Å². The van der Waals surface area contributed by atoms with Gasteiger partial charge in [-0.05, 0) is 24.7 Å². The summed E-state index contributed by atoms with van der Waals surface area (Å²) < 4.78 is 0. The first kappa shape index (κ1) is 8.79. The zero-order valence-electron chi connectivity index (χ0n) is 7.85. The minimum atomic E-state index is 0.437. The molecule has 64 valence electrons. The maximum atomic E-state index is 5.67. The predicted molar refractivity (Wildman–Crippen MR) is 49.4 cm³/mol. The molecule has 1 fully saturated rings. The van der Waals surface area contributed by atoms with E-state index in [0.29, 0.717) is 11.5 Å². The molecule has 0 amide bonds. The standard InChI is InChI=1S/C10H19N/c1-10(2,3)5-4-8-6-9(11)7-8/h4,9H,5-7,11H2,1-3H3. The molecule has 1 aliphatic rings. The minimum Gasteiger partial charge on any atom is -0.327 e. The van der Waals surface area contributed by atoms with E-state index >= 15 is 0 Å². The number of rotatable bonds is 1. The SMILES string of the molecule is CC(C)(C)CC=C1CC(N)C1. The third-order valence-electron chi connectivity index (χ3n) is 2.05. The van der Waals surface area contributed by atoms with Gasteiger partial charge < -0.3 is 5.73 Å². The summed E-state index contributed by atoms with van der Waals surface area (Å²) in [6, 6.07) is 0.459. The molecule has 1 heteroatoms. The maximum Gasteiger partial charge on any atom is 0.0113 e. The van der Waals surface area contributed by atoms with E-state index in [1.165, 1.54) is 6.42 Å². The predicted octanol–water partition coefficient (Wildman–Crippen LogP) is 2.47. The van der Waals surface area contributed by atoms with Crippen LogP contribution in [-0.2, 0) is 0 Å². The monoisotopic (exact) mass is 153 g/mol. The van der Waals surface area contributed by atoms with E-state index in [1.807, 2.05) is 0 Å². The van der Waals surface area contributed by atoms with Gasteiger partial charge in [-0.1, -0.05) is 32.4 Å². The third-order valence-corrected chi connectivity index (χ3v) is 2.05. The Morgan fingerprint density at radius 1 is 1.45 bits per heavy atom. The van der Waals surface area contributed by atoms with Crippen molar-refractivity contribution in [2.24, 2.45) is 11.1 Å². The van der Waals surface area contributed by atoms with Crippen LogP contribution in [0.15, 0.2) is 11.6 Å². The van der Waals surface area contributed by atoms with Gasteiger partial charge in [-0.3, -0.25) is 0 Å². The van der Waals surface area contributed by atoms with Gasteiger partial charge >= 0.3 is 0 Å². The molecule has 0 atom stereocenters. The molecule has 0 heterocycles. The van der Waals surface area contributed by atoms with Gasteiger partial charge in [-0.25, -0.2) is 0 Å². The van der Waals surface area contributed by atoms with Gasteiger partial charge in [0.05, 0.1) is 0 Å². The van der Waals surface area contributed by atoms with Crippen LogP contribution < -0.4 is 5.73 Å². The molecular weight excluding hydrogens is 134 g/mol. The zero-order valence-corrected chi connectivity index (χ0v) is 7.85. The second-order valence-electron chi connectivity index (χ2n) is 4.80. The summed E-state index contributed by atoms with van der Waals surface area (Å²) in [6.07, 6.45) is 5.82. The van der Waals surface area contributed by atoms with Gasteiger partial charge in [0.25, 0.3) is 0 Å². The van der Waals surface area contributed by atoms with Crippen molar-refractivity contribution in [2.75, 3.05) is 0 Å². The van der Waals surface area contributed by atoms with Crippen LogP contribution in [0.3, 0.4) is 0 Å². The van der Waals surface area contributed by atoms with Crippen LogP contribution in [-0.4, -0.2) is 6.04 Å². The van der Waals surface area contributed by atoms with Crippen molar-refractivity contribution in [1.29, 1.82) is 0 Å². The van der Waals surface area contributed by atoms with Crippen LogP contribution in [0, 0.1) is 5.41 Å². The van der Waals surface area contributed by atoms with Crippen molar-refractivity contribution >= 4 is 0 Å². The normalized spacial score (nSPS) is 24.7. The fourth-order valence-electron chi connectivity index (χ4n) is 1.23. The van der Waals surface area contributed by atoms with Gasteiger partial charge in [-0.15, -0.1) is 0 Å². The summed E-state index contributed by atoms with van der Waals surface area (Å²) in [4.78, 5) is 0. The van der Waals surface area contributed by atoms with Crippen molar-refractivity contribution in [2.45, 2.75) is 46.1 Å². The largest absolute Gasteiger partial charge is 0.327 e. The van der Waals surface area contributed by atoms with Gasteiger partial charge in [0.2, 0.25) is 0 Å². The van der Waals surface area contributed by atoms with Crippen molar-refractivity contribution < 1.29 is 0 Å². The van der Waals surface area contributed by atoms with Crippen LogP contribution >= 0.6 is 0 Å². The van der Waals surface area contributed by atoms with E-state index in [9.17, 15) is 0 Å². The second-order valence-corrected chi connectivity index (χ2v) is 4.80. The van der Waals surface area contributed by atoms with E-state index in [-0.39, 0.29) is 0 Å². The highest BCUT2D eigenvalue weighted by Crippen LogP contribution is 2.28. The molecule has 11 heavy (non-hydrogen) atoms. The number of nitrogens with two attached hydrogens (primary N) is 1. The molecule has 1 aliphatic carbocycles. The first-order valence-electron chi connectivity index (χ1n) is 4.41. The summed E-state index contributed by atoms with van der Waals surface area (Å²) in [7, 11) is 0. The zero-order chi connectivity index (χ0) is 8.48. The van der Waals surface area contributed by atoms with Crippen LogP contribution in [0.5, 0.6) is 0 Å². The molecular formula is C10H19N. The highest BCUT2D eigenvalue weighted by Gasteiger charge is 2.19. The third kappa shape index (κ3) is 3.06. The average molecular weight is 153 g/mol. The molecule has 0 unspecified atom stereocenters. The fourth-order valence-corrected chi connectivity index (χ4v) is 1.23. The summed E-state index contributed by atoms with van der Waals surface area (Å²) in [5.74, 6) is 0. The highest BCUT2D eigenvalue weighted by molar-refractivity contribution is 5.15. The molecule has 2 N–H and O–H groups in total. The molecule has 0 spiro atoms. The van der Waals surface area contributed by atoms with Gasteiger partial charge in [-0.2, -0.15) is 0 Å². The Hall–Kier alpha value is -0.300. The Kier molecular flexibility index (Phi) is 2.38. The van der Waals surface area contributed by atoms with Crippen LogP contribution in [0.4, 0.5) is 0 Å². The molecule has 0 radical (unpaired) electrons. The van der Waals surface area contributed by atoms with Crippen LogP contribution in [0.2, 0.25) is 0 Å². The van der Waals surface area contributed by atoms with Gasteiger partial charge in [0.1, 0.15) is 0 Å². The summed E-state index contributed by atoms with van der Waals surface area (Å²) >= 11 is 0. The lowest BCUT2D eigenvalue weighted by molar-refractivity contribution is 0.414. The maximum absolute atomic E-state index is 5.67. The van der Waals surface area contributed by atoms with E-state index < -0.39 is 0 Å². The molecule has 1 nitrogen and oxygen atoms in total. The number of hydrogen-bond acceptors (Lipinski definition) is 1. The number of allylic oxidation sites excluding steroid dienone is 1. The Bertz CT molecular complexity index is 154. The molecule has 0 bridgehead atoms. The minimum absolute atomic E-state index is 0.437. The van der Waals surface area contributed by atoms with Crippen molar-refractivity contribution in [3.63, 3.8) is 0 Å². The van der Waals surface area contributed by atoms with Crippen molar-refractivity contribution in [3.05, 3.63) is 11.6 Å². The Balaban J connectivity index is 2.27. The van der Waals surface area contributed by atoms with Crippen LogP contribution in [0.25, 0.3) is 0 Å². The van der Waals surface area contributed by atoms with Gasteiger partial charge in [0, 0.05) is 6.04 Å². The lowest BCUT2D eigenvalue weighted by Gasteiger charge is -2.26. The fraction of sp³-hybridized carbons (Fsp3) is 0.800. The quantitative estimate of drug-likeness (QED) is 0.575. The topological polar surface area (TPSA) is 26.0 Å². The van der Waals surface area contributed by atoms with E-state index in [2.05, 4.69) is 26.8 Å². The molecule has 0 aromatic rings. The average Bonchev–Trinajstić information content (AvgIpc) is 1.75. The molecule has 0 aromatic carbocycles. The smallest absolute Gasteiger partial charge is 0.0113 e. The van der Waals surface area contributed by atoms with E-state index in [1.54, 1.807) is 5.57 Å². The lowest BCUT2D eigenvalue weighted by atomic mass is 9.83. The van der Waals surface area contributed by atoms with E-state index in [4.69, 9.17) is 5.73 Å². The molecule has 0 aliphatic heterocycles. The molecule has 1 rings (SSSR count). The van der Waals surface area contributed by atoms with Crippen molar-refractivity contribution in [1.82, 2.24) is 0 Å². The summed E-state index contributed by atoms with van der Waals surface area (Å²) in [5, 5.41) is 0. The Morgan fingerprint density at radius 3 is 2.36 bits per heavy atom.